The summed E-state index contributed by atoms with van der Waals surface area (Å²) in [6.07, 6.45) is 2.39. The van der Waals surface area contributed by atoms with E-state index in [1.54, 1.807) is 24.4 Å². The predicted molar refractivity (Wildman–Crippen MR) is 102 cm³/mol. The Bertz CT molecular complexity index is 997. The van der Waals surface area contributed by atoms with Crippen LogP contribution in [0.15, 0.2) is 35.8 Å². The van der Waals surface area contributed by atoms with E-state index in [0.717, 1.165) is 17.7 Å². The highest BCUT2D eigenvalue weighted by Gasteiger charge is 2.19. The zero-order chi connectivity index (χ0) is 18.6. The van der Waals surface area contributed by atoms with Crippen molar-refractivity contribution >= 4 is 33.9 Å². The number of hydrogen-bond acceptors (Lipinski definition) is 8. The van der Waals surface area contributed by atoms with Gasteiger partial charge in [0.25, 0.3) is 0 Å². The summed E-state index contributed by atoms with van der Waals surface area (Å²) < 4.78 is 11.1. The molecule has 4 heterocycles. The van der Waals surface area contributed by atoms with E-state index in [2.05, 4.69) is 20.3 Å². The second kappa shape index (κ2) is 7.88. The molecule has 0 spiro atoms. The summed E-state index contributed by atoms with van der Waals surface area (Å²) in [5.41, 5.74) is 1.95. The number of pyridine rings is 2. The first-order valence-electron chi connectivity index (χ1n) is 8.21. The first kappa shape index (κ1) is 17.7. The first-order chi connectivity index (χ1) is 13.2. The number of aromatic nitrogens is 3. The van der Waals surface area contributed by atoms with Crippen molar-refractivity contribution in [3.05, 3.63) is 46.6 Å². The van der Waals surface area contributed by atoms with E-state index < -0.39 is 0 Å². The second-order valence-electron chi connectivity index (χ2n) is 5.79. The minimum absolute atomic E-state index is 0.0299. The number of anilines is 2. The molecule has 3 aromatic heterocycles. The molecule has 7 nitrogen and oxygen atoms in total. The Labute approximate surface area is 164 Å². The average Bonchev–Trinajstić information content (AvgIpc) is 3.37. The van der Waals surface area contributed by atoms with E-state index >= 15 is 0 Å². The molecule has 0 unspecified atom stereocenters. The third-order valence-corrected chi connectivity index (χ3v) is 4.93. The number of rotatable bonds is 5. The normalized spacial score (nSPS) is 16.1. The number of hydrogen-bond donors (Lipinski definition) is 1. The number of thiazole rings is 1. The van der Waals surface area contributed by atoms with Crippen LogP contribution >= 0.6 is 22.9 Å². The molecule has 9 heteroatoms. The molecular formula is C18H14ClN5O2S. The lowest BCUT2D eigenvalue weighted by Gasteiger charge is -2.13. The van der Waals surface area contributed by atoms with Crippen molar-refractivity contribution in [2.45, 2.75) is 12.5 Å². The van der Waals surface area contributed by atoms with E-state index in [4.69, 9.17) is 26.3 Å². The van der Waals surface area contributed by atoms with E-state index in [9.17, 15) is 0 Å². The fourth-order valence-corrected chi connectivity index (χ4v) is 3.44. The van der Waals surface area contributed by atoms with Gasteiger partial charge in [0.15, 0.2) is 5.13 Å². The summed E-state index contributed by atoms with van der Waals surface area (Å²) in [4.78, 5) is 12.9. The first-order valence-corrected chi connectivity index (χ1v) is 9.47. The lowest BCUT2D eigenvalue weighted by Crippen LogP contribution is -2.16. The summed E-state index contributed by atoms with van der Waals surface area (Å²) in [5, 5.41) is 15.2. The molecule has 1 atom stereocenters. The molecule has 1 aliphatic rings. The molecule has 27 heavy (non-hydrogen) atoms. The molecule has 0 aromatic carbocycles. The lowest BCUT2D eigenvalue weighted by molar-refractivity contribution is 0.138. The van der Waals surface area contributed by atoms with E-state index in [1.807, 2.05) is 17.5 Å². The lowest BCUT2D eigenvalue weighted by atomic mass is 10.2. The standard InChI is InChI=1S/C18H14ClN5O2S/c19-14-1-2-16(23-17(14)26-13-4-6-25-9-13)24-18-22-15(10-27-18)11-3-5-21-12(7-11)8-20/h1-3,5,7,10,13H,4,6,9H2,(H,22,23,24)/t13-/m1/s1. The molecule has 1 N–H and O–H groups in total. The zero-order valence-electron chi connectivity index (χ0n) is 14.1. The fraction of sp³-hybridized carbons (Fsp3) is 0.222. The third kappa shape index (κ3) is 4.17. The van der Waals surface area contributed by atoms with Gasteiger partial charge in [0, 0.05) is 23.6 Å². The van der Waals surface area contributed by atoms with Crippen LogP contribution in [0.3, 0.4) is 0 Å². The third-order valence-electron chi connectivity index (χ3n) is 3.89. The number of nitrogens with zero attached hydrogens (tertiary/aromatic N) is 4. The van der Waals surface area contributed by atoms with Crippen LogP contribution in [0.4, 0.5) is 10.9 Å². The van der Waals surface area contributed by atoms with Crippen LogP contribution in [0.1, 0.15) is 12.1 Å². The van der Waals surface area contributed by atoms with Gasteiger partial charge in [-0.25, -0.2) is 9.97 Å². The molecule has 1 saturated heterocycles. The van der Waals surface area contributed by atoms with E-state index in [1.165, 1.54) is 11.3 Å². The van der Waals surface area contributed by atoms with E-state index in [-0.39, 0.29) is 6.10 Å². The van der Waals surface area contributed by atoms with E-state index in [0.29, 0.717) is 40.8 Å². The molecule has 4 rings (SSSR count). The Hall–Kier alpha value is -2.73. The van der Waals surface area contributed by atoms with Gasteiger partial charge in [0.05, 0.1) is 18.9 Å². The van der Waals surface area contributed by atoms with Crippen molar-refractivity contribution in [3.8, 4) is 23.2 Å². The summed E-state index contributed by atoms with van der Waals surface area (Å²) in [6.45, 7) is 1.23. The van der Waals surface area contributed by atoms with Crippen molar-refractivity contribution in [3.63, 3.8) is 0 Å². The second-order valence-corrected chi connectivity index (χ2v) is 7.06. The van der Waals surface area contributed by atoms with Crippen molar-refractivity contribution in [2.75, 3.05) is 18.5 Å². The van der Waals surface area contributed by atoms with Gasteiger partial charge in [-0.2, -0.15) is 10.2 Å². The topological polar surface area (TPSA) is 93.0 Å². The molecule has 136 valence electrons. The smallest absolute Gasteiger partial charge is 0.234 e. The van der Waals surface area contributed by atoms with Crippen LogP contribution in [0.25, 0.3) is 11.3 Å². The SMILES string of the molecule is N#Cc1cc(-c2csc(Nc3ccc(Cl)c(O[C@@H]4CCOC4)n3)n2)ccn1. The zero-order valence-corrected chi connectivity index (χ0v) is 15.6. The molecule has 0 saturated carbocycles. The quantitative estimate of drug-likeness (QED) is 0.692. The largest absolute Gasteiger partial charge is 0.471 e. The van der Waals surface area contributed by atoms with Crippen LogP contribution in [0.2, 0.25) is 5.02 Å². The molecule has 0 amide bonds. The van der Waals surface area contributed by atoms with Gasteiger partial charge >= 0.3 is 0 Å². The van der Waals surface area contributed by atoms with Crippen molar-refractivity contribution in [1.29, 1.82) is 5.26 Å². The highest BCUT2D eigenvalue weighted by atomic mass is 35.5. The number of nitrogens with one attached hydrogen (secondary N) is 1. The summed E-state index contributed by atoms with van der Waals surface area (Å²) in [5.74, 6) is 0.961. The highest BCUT2D eigenvalue weighted by molar-refractivity contribution is 7.14. The van der Waals surface area contributed by atoms with Gasteiger partial charge in [-0.1, -0.05) is 11.6 Å². The monoisotopic (exact) mass is 399 g/mol. The van der Waals surface area contributed by atoms with Crippen LogP contribution in [-0.4, -0.2) is 34.3 Å². The molecule has 0 aliphatic carbocycles. The maximum Gasteiger partial charge on any atom is 0.234 e. The molecule has 0 radical (unpaired) electrons. The Morgan fingerprint density at radius 1 is 1.33 bits per heavy atom. The predicted octanol–water partition coefficient (Wildman–Crippen LogP) is 4.04. The number of nitriles is 1. The average molecular weight is 400 g/mol. The van der Waals surface area contributed by atoms with Crippen molar-refractivity contribution in [1.82, 2.24) is 15.0 Å². The minimum atomic E-state index is -0.0299. The van der Waals surface area contributed by atoms with Gasteiger partial charge < -0.3 is 14.8 Å². The molecule has 0 bridgehead atoms. The highest BCUT2D eigenvalue weighted by Crippen LogP contribution is 2.30. The van der Waals surface area contributed by atoms with Gasteiger partial charge in [-0.3, -0.25) is 0 Å². The van der Waals surface area contributed by atoms with Gasteiger partial charge in [-0.15, -0.1) is 11.3 Å². The van der Waals surface area contributed by atoms with Crippen LogP contribution in [-0.2, 0) is 4.74 Å². The van der Waals surface area contributed by atoms with Crippen molar-refractivity contribution < 1.29 is 9.47 Å². The maximum absolute atomic E-state index is 8.98. The molecule has 1 fully saturated rings. The van der Waals surface area contributed by atoms with Gasteiger partial charge in [0.2, 0.25) is 5.88 Å². The van der Waals surface area contributed by atoms with Crippen LogP contribution in [0.5, 0.6) is 5.88 Å². The van der Waals surface area contributed by atoms with Gasteiger partial charge in [-0.05, 0) is 24.3 Å². The molecule has 1 aliphatic heterocycles. The summed E-state index contributed by atoms with van der Waals surface area (Å²) in [6, 6.07) is 9.05. The van der Waals surface area contributed by atoms with Crippen LogP contribution < -0.4 is 10.1 Å². The minimum Gasteiger partial charge on any atom is -0.471 e. The Balaban J connectivity index is 1.51. The molecular weight excluding hydrogens is 386 g/mol. The summed E-state index contributed by atoms with van der Waals surface area (Å²) >= 11 is 7.63. The number of ether oxygens (including phenoxy) is 2. The molecule has 3 aromatic rings. The maximum atomic E-state index is 8.98. The Kier molecular flexibility index (Phi) is 5.16. The fourth-order valence-electron chi connectivity index (χ4n) is 2.56. The summed E-state index contributed by atoms with van der Waals surface area (Å²) in [7, 11) is 0. The Morgan fingerprint density at radius 3 is 3.07 bits per heavy atom. The van der Waals surface area contributed by atoms with Gasteiger partial charge in [0.1, 0.15) is 28.7 Å². The van der Waals surface area contributed by atoms with Crippen molar-refractivity contribution in [2.24, 2.45) is 0 Å². The Morgan fingerprint density at radius 2 is 2.26 bits per heavy atom. The van der Waals surface area contributed by atoms with Crippen LogP contribution in [0, 0.1) is 11.3 Å². The number of halogens is 1.